The molecule has 0 saturated carbocycles. The van der Waals surface area contributed by atoms with E-state index < -0.39 is 18.1 Å². The monoisotopic (exact) mass is 850 g/mol. The van der Waals surface area contributed by atoms with Crippen LogP contribution in [-0.2, 0) is 28.6 Å². The minimum atomic E-state index is -1.12. The van der Waals surface area contributed by atoms with Gasteiger partial charge in [0.1, 0.15) is 12.6 Å². The molecule has 354 valence electrons. The number of allylic oxidation sites excluding steroid dienone is 2. The van der Waals surface area contributed by atoms with E-state index in [1.165, 1.54) is 180 Å². The molecule has 8 heteroatoms. The number of carbonyl (C=O) groups is 3. The Morgan fingerprint density at radius 2 is 0.833 bits per heavy atom. The van der Waals surface area contributed by atoms with Gasteiger partial charge in [0.2, 0.25) is 0 Å². The van der Waals surface area contributed by atoms with Gasteiger partial charge in [-0.3, -0.25) is 9.59 Å². The molecule has 0 rings (SSSR count). The summed E-state index contributed by atoms with van der Waals surface area (Å²) in [6, 6.07) is -0.722. The molecule has 2 unspecified atom stereocenters. The number of unbranched alkanes of at least 4 members (excludes halogenated alkanes) is 31. The van der Waals surface area contributed by atoms with Crippen LogP contribution in [0.15, 0.2) is 12.2 Å². The van der Waals surface area contributed by atoms with Crippen molar-refractivity contribution in [1.82, 2.24) is 0 Å². The number of aliphatic carboxylic acids is 1. The number of nitrogens with zero attached hydrogens (tertiary/aromatic N) is 1. The predicted octanol–water partition coefficient (Wildman–Crippen LogP) is 13.3. The highest BCUT2D eigenvalue weighted by atomic mass is 16.6. The van der Waals surface area contributed by atoms with Gasteiger partial charge >= 0.3 is 11.9 Å². The van der Waals surface area contributed by atoms with Gasteiger partial charge in [-0.25, -0.2) is 0 Å². The van der Waals surface area contributed by atoms with Gasteiger partial charge < -0.3 is 28.6 Å². The Hall–Kier alpha value is -1.93. The summed E-state index contributed by atoms with van der Waals surface area (Å²) in [7, 11) is 5.43. The minimum absolute atomic E-state index is 0.0462. The van der Waals surface area contributed by atoms with Crippen molar-refractivity contribution in [2.24, 2.45) is 0 Å². The third-order valence-corrected chi connectivity index (χ3v) is 11.9. The highest BCUT2D eigenvalue weighted by Gasteiger charge is 2.25. The molecule has 0 aliphatic heterocycles. The number of hydrogen-bond acceptors (Lipinski definition) is 7. The Balaban J connectivity index is 4.21. The van der Waals surface area contributed by atoms with Gasteiger partial charge in [-0.2, -0.15) is 0 Å². The van der Waals surface area contributed by atoms with Crippen molar-refractivity contribution in [3.05, 3.63) is 12.2 Å². The van der Waals surface area contributed by atoms with Crippen LogP contribution in [0, 0.1) is 0 Å². The summed E-state index contributed by atoms with van der Waals surface area (Å²) in [5.74, 6) is -1.72. The topological polar surface area (TPSA) is 102 Å². The quantitative estimate of drug-likeness (QED) is 0.0260. The summed E-state index contributed by atoms with van der Waals surface area (Å²) in [4.78, 5) is 37.0. The van der Waals surface area contributed by atoms with E-state index in [1.807, 2.05) is 21.1 Å². The third kappa shape index (κ3) is 41.4. The Morgan fingerprint density at radius 3 is 1.20 bits per heavy atom. The van der Waals surface area contributed by atoms with Gasteiger partial charge in [0.05, 0.1) is 40.3 Å². The number of quaternary nitrogens is 1. The molecular weight excluding hydrogens is 751 g/mol. The van der Waals surface area contributed by atoms with Crippen LogP contribution >= 0.6 is 0 Å². The van der Waals surface area contributed by atoms with Crippen LogP contribution < -0.4 is 5.11 Å². The molecule has 0 fully saturated rings. The molecule has 8 nitrogen and oxygen atoms in total. The third-order valence-electron chi connectivity index (χ3n) is 11.9. The highest BCUT2D eigenvalue weighted by molar-refractivity contribution is 5.70. The zero-order chi connectivity index (χ0) is 44.2. The number of ether oxygens (including phenoxy) is 3. The second-order valence-electron chi connectivity index (χ2n) is 18.8. The van der Waals surface area contributed by atoms with E-state index in [2.05, 4.69) is 26.0 Å². The Morgan fingerprint density at radius 1 is 0.483 bits per heavy atom. The van der Waals surface area contributed by atoms with Crippen LogP contribution in [0.4, 0.5) is 0 Å². The Labute approximate surface area is 371 Å². The van der Waals surface area contributed by atoms with E-state index in [9.17, 15) is 19.5 Å². The Kier molecular flexibility index (Phi) is 42.3. The molecule has 0 aromatic rings. The first-order valence-electron chi connectivity index (χ1n) is 25.7. The first-order chi connectivity index (χ1) is 29.1. The van der Waals surface area contributed by atoms with E-state index in [0.717, 1.165) is 38.5 Å². The predicted molar refractivity (Wildman–Crippen MR) is 250 cm³/mol. The smallest absolute Gasteiger partial charge is 0.306 e. The summed E-state index contributed by atoms with van der Waals surface area (Å²) >= 11 is 0. The molecule has 60 heavy (non-hydrogen) atoms. The maximum absolute atomic E-state index is 12.8. The molecule has 0 aliphatic rings. The number of carboxylic acid groups (broad SMARTS) is 1. The van der Waals surface area contributed by atoms with Crippen LogP contribution in [0.2, 0.25) is 0 Å². The maximum Gasteiger partial charge on any atom is 0.306 e. The van der Waals surface area contributed by atoms with Crippen molar-refractivity contribution in [3.8, 4) is 0 Å². The van der Waals surface area contributed by atoms with Gasteiger partial charge in [0.15, 0.2) is 6.10 Å². The average Bonchev–Trinajstić information content (AvgIpc) is 3.21. The van der Waals surface area contributed by atoms with E-state index >= 15 is 0 Å². The fourth-order valence-corrected chi connectivity index (χ4v) is 7.89. The first-order valence-corrected chi connectivity index (χ1v) is 25.7. The number of esters is 2. The lowest BCUT2D eigenvalue weighted by atomic mass is 10.0. The summed E-state index contributed by atoms with van der Waals surface area (Å²) in [5, 5.41) is 11.7. The summed E-state index contributed by atoms with van der Waals surface area (Å²) in [5.41, 5.74) is 0. The van der Waals surface area contributed by atoms with Crippen LogP contribution in [0.1, 0.15) is 251 Å². The lowest BCUT2D eigenvalue weighted by Crippen LogP contribution is -2.55. The van der Waals surface area contributed by atoms with Gasteiger partial charge in [-0.15, -0.1) is 0 Å². The zero-order valence-corrected chi connectivity index (χ0v) is 40.4. The fraction of sp³-hybridized carbons (Fsp3) is 0.904. The molecule has 0 amide bonds. The van der Waals surface area contributed by atoms with Crippen molar-refractivity contribution in [2.75, 3.05) is 41.0 Å². The molecule has 0 bridgehead atoms. The fourth-order valence-electron chi connectivity index (χ4n) is 7.89. The molecule has 0 aromatic heterocycles. The van der Waals surface area contributed by atoms with E-state index in [4.69, 9.17) is 14.2 Å². The molecular formula is C52H99NO7. The number of hydrogen-bond donors (Lipinski definition) is 0. The van der Waals surface area contributed by atoms with E-state index in [-0.39, 0.29) is 42.7 Å². The molecule has 0 heterocycles. The van der Waals surface area contributed by atoms with Crippen molar-refractivity contribution < 1.29 is 38.2 Å². The summed E-state index contributed by atoms with van der Waals surface area (Å²) in [6.07, 6.45) is 48.1. The normalized spacial score (nSPS) is 12.9. The maximum atomic E-state index is 12.8. The number of carboxylic acids is 1. The van der Waals surface area contributed by atoms with E-state index in [0.29, 0.717) is 12.8 Å². The van der Waals surface area contributed by atoms with Crippen molar-refractivity contribution in [1.29, 1.82) is 0 Å². The van der Waals surface area contributed by atoms with E-state index in [1.54, 1.807) is 0 Å². The molecule has 0 spiro atoms. The second-order valence-corrected chi connectivity index (χ2v) is 18.8. The van der Waals surface area contributed by atoms with Gasteiger partial charge in [-0.05, 0) is 38.5 Å². The molecule has 0 aromatic carbocycles. The SMILES string of the molecule is CCCCCCCC/C=C\CCCCCCCCCCCC(=O)OC(COCCC(C(=O)[O-])[N+](C)(C)C)COC(=O)CCCCCCCCCCCCCCCCCCC. The van der Waals surface area contributed by atoms with Crippen molar-refractivity contribution in [2.45, 2.75) is 264 Å². The second kappa shape index (κ2) is 43.7. The van der Waals surface area contributed by atoms with Crippen LogP contribution in [0.5, 0.6) is 0 Å². The van der Waals surface area contributed by atoms with Gasteiger partial charge in [0, 0.05) is 19.3 Å². The lowest BCUT2D eigenvalue weighted by molar-refractivity contribution is -0.889. The molecule has 2 atom stereocenters. The first kappa shape index (κ1) is 58.1. The molecule has 0 N–H and O–H groups in total. The average molecular weight is 850 g/mol. The minimum Gasteiger partial charge on any atom is -0.544 e. The number of rotatable bonds is 47. The zero-order valence-electron chi connectivity index (χ0n) is 40.4. The highest BCUT2D eigenvalue weighted by Crippen LogP contribution is 2.16. The van der Waals surface area contributed by atoms with Gasteiger partial charge in [-0.1, -0.05) is 206 Å². The van der Waals surface area contributed by atoms with Crippen molar-refractivity contribution >= 4 is 17.9 Å². The standard InChI is InChI=1S/C52H99NO7/c1-6-8-10-12-14-16-18-20-22-24-25-27-29-31-33-35-37-39-41-43-51(55)60-48(46-58-45-44-49(52(56)57)53(3,4)5)47-59-50(54)42-40-38-36-34-32-30-28-26-23-21-19-17-15-13-11-9-7-2/h20,22,48-49H,6-19,21,23-47H2,1-5H3/b22-20-. The molecule has 0 radical (unpaired) electrons. The van der Waals surface area contributed by atoms with Crippen LogP contribution in [0.25, 0.3) is 0 Å². The molecule has 0 aliphatic carbocycles. The van der Waals surface area contributed by atoms with Crippen LogP contribution in [0.3, 0.4) is 0 Å². The lowest BCUT2D eigenvalue weighted by Gasteiger charge is -2.34. The summed E-state index contributed by atoms with van der Waals surface area (Å²) in [6.45, 7) is 4.70. The largest absolute Gasteiger partial charge is 0.544 e. The van der Waals surface area contributed by atoms with Crippen molar-refractivity contribution in [3.63, 3.8) is 0 Å². The van der Waals surface area contributed by atoms with Crippen LogP contribution in [-0.4, -0.2) is 75.5 Å². The number of carbonyl (C=O) groups excluding carboxylic acids is 3. The number of likely N-dealkylation sites (N-methyl/N-ethyl adjacent to an activating group) is 1. The Bertz CT molecular complexity index is 993. The van der Waals surface area contributed by atoms with Gasteiger partial charge in [0.25, 0.3) is 0 Å². The molecule has 0 saturated heterocycles. The summed E-state index contributed by atoms with van der Waals surface area (Å²) < 4.78 is 17.3.